The number of nitrogens with one attached hydrogen (secondary N) is 3. The molecule has 2 amide bonds. The molecule has 0 saturated carbocycles. The van der Waals surface area contributed by atoms with Crippen molar-refractivity contribution in [3.05, 3.63) is 62.1 Å². The Kier molecular flexibility index (Phi) is 6.79. The van der Waals surface area contributed by atoms with Crippen LogP contribution in [0.2, 0.25) is 20.1 Å². The summed E-state index contributed by atoms with van der Waals surface area (Å²) < 4.78 is 0. The average Bonchev–Trinajstić information content (AvgIpc) is 2.53. The lowest BCUT2D eigenvalue weighted by atomic mass is 10.2. The molecule has 0 aliphatic heterocycles. The molecular weight excluding hydrogens is 408 g/mol. The van der Waals surface area contributed by atoms with Crippen molar-refractivity contribution in [3.8, 4) is 0 Å². The fourth-order valence-corrected chi connectivity index (χ4v) is 3.01. The molecule has 0 fully saturated rings. The van der Waals surface area contributed by atoms with E-state index in [-0.39, 0.29) is 15.6 Å². The summed E-state index contributed by atoms with van der Waals surface area (Å²) in [6.45, 7) is 1.52. The predicted molar refractivity (Wildman–Crippen MR) is 102 cm³/mol. The van der Waals surface area contributed by atoms with Gasteiger partial charge < -0.3 is 5.32 Å². The molecule has 2 aromatic carbocycles. The lowest BCUT2D eigenvalue weighted by Crippen LogP contribution is -2.46. The Hall–Kier alpha value is -1.66. The van der Waals surface area contributed by atoms with Crippen LogP contribution in [-0.4, -0.2) is 17.9 Å². The summed E-state index contributed by atoms with van der Waals surface area (Å²) in [6, 6.07) is 8.66. The fourth-order valence-electron chi connectivity index (χ4n) is 1.88. The topological polar surface area (TPSA) is 70.2 Å². The molecule has 0 aromatic heterocycles. The van der Waals surface area contributed by atoms with Gasteiger partial charge in [-0.25, -0.2) is 0 Å². The quantitative estimate of drug-likeness (QED) is 0.620. The molecule has 0 aliphatic rings. The second-order valence-electron chi connectivity index (χ2n) is 5.03. The molecule has 9 heteroatoms. The molecule has 1 atom stereocenters. The molecule has 0 saturated heterocycles. The Morgan fingerprint density at radius 3 is 2.16 bits per heavy atom. The molecular formula is C16H13Cl4N3O2. The highest BCUT2D eigenvalue weighted by molar-refractivity contribution is 6.41. The number of carbonyl (C=O) groups is 2. The molecule has 0 aliphatic carbocycles. The third-order valence-corrected chi connectivity index (χ3v) is 4.32. The van der Waals surface area contributed by atoms with Gasteiger partial charge in [-0.05, 0) is 31.2 Å². The Morgan fingerprint density at radius 2 is 1.56 bits per heavy atom. The van der Waals surface area contributed by atoms with Crippen molar-refractivity contribution in [2.75, 3.05) is 5.43 Å². The second kappa shape index (κ2) is 8.63. The Bertz CT molecular complexity index is 791. The van der Waals surface area contributed by atoms with E-state index in [4.69, 9.17) is 46.4 Å². The zero-order valence-corrected chi connectivity index (χ0v) is 15.9. The van der Waals surface area contributed by atoms with Gasteiger partial charge in [0.25, 0.3) is 11.8 Å². The van der Waals surface area contributed by atoms with Crippen LogP contribution in [0.25, 0.3) is 0 Å². The first kappa shape index (κ1) is 19.7. The number of rotatable bonds is 5. The number of amides is 2. The summed E-state index contributed by atoms with van der Waals surface area (Å²) in [7, 11) is 0. The molecule has 132 valence electrons. The van der Waals surface area contributed by atoms with Crippen molar-refractivity contribution in [2.24, 2.45) is 0 Å². The fraction of sp³-hybridized carbons (Fsp3) is 0.125. The minimum absolute atomic E-state index is 0.241. The van der Waals surface area contributed by atoms with E-state index in [9.17, 15) is 9.59 Å². The van der Waals surface area contributed by atoms with E-state index in [1.807, 2.05) is 0 Å². The van der Waals surface area contributed by atoms with Crippen LogP contribution in [-0.2, 0) is 4.79 Å². The van der Waals surface area contributed by atoms with Gasteiger partial charge in [0.05, 0.1) is 26.3 Å². The van der Waals surface area contributed by atoms with Crippen molar-refractivity contribution in [3.63, 3.8) is 0 Å². The van der Waals surface area contributed by atoms with Gasteiger partial charge in [0, 0.05) is 5.02 Å². The minimum Gasteiger partial charge on any atom is -0.340 e. The maximum atomic E-state index is 12.1. The standard InChI is InChI=1S/C16H13Cl4N3O2/c1-8(21-16(25)10-4-2-3-5-11(10)18)15(24)23-22-14-12(19)6-9(17)7-13(14)20/h2-8,22H,1H3,(H,21,25)(H,23,24). The highest BCUT2D eigenvalue weighted by atomic mass is 35.5. The van der Waals surface area contributed by atoms with Gasteiger partial charge in [-0.2, -0.15) is 0 Å². The van der Waals surface area contributed by atoms with Crippen LogP contribution in [0, 0.1) is 0 Å². The highest BCUT2D eigenvalue weighted by Crippen LogP contribution is 2.33. The molecule has 25 heavy (non-hydrogen) atoms. The van der Waals surface area contributed by atoms with Crippen LogP contribution >= 0.6 is 46.4 Å². The molecule has 1 unspecified atom stereocenters. The van der Waals surface area contributed by atoms with Gasteiger partial charge in [-0.3, -0.25) is 20.4 Å². The number of benzene rings is 2. The monoisotopic (exact) mass is 419 g/mol. The first-order valence-electron chi connectivity index (χ1n) is 7.05. The second-order valence-corrected chi connectivity index (χ2v) is 6.69. The Morgan fingerprint density at radius 1 is 0.960 bits per heavy atom. The molecule has 2 aromatic rings. The van der Waals surface area contributed by atoms with Crippen LogP contribution in [0.4, 0.5) is 5.69 Å². The van der Waals surface area contributed by atoms with Gasteiger partial charge in [-0.1, -0.05) is 58.5 Å². The van der Waals surface area contributed by atoms with E-state index < -0.39 is 17.9 Å². The van der Waals surface area contributed by atoms with Crippen LogP contribution in [0.1, 0.15) is 17.3 Å². The molecule has 0 bridgehead atoms. The molecule has 0 heterocycles. The minimum atomic E-state index is -0.832. The van der Waals surface area contributed by atoms with Crippen molar-refractivity contribution in [2.45, 2.75) is 13.0 Å². The summed E-state index contributed by atoms with van der Waals surface area (Å²) in [5.41, 5.74) is 5.61. The van der Waals surface area contributed by atoms with Crippen molar-refractivity contribution in [1.82, 2.24) is 10.7 Å². The van der Waals surface area contributed by atoms with Crippen molar-refractivity contribution < 1.29 is 9.59 Å². The van der Waals surface area contributed by atoms with Gasteiger partial charge in [0.15, 0.2) is 0 Å². The average molecular weight is 421 g/mol. The highest BCUT2D eigenvalue weighted by Gasteiger charge is 2.18. The number of anilines is 1. The zero-order chi connectivity index (χ0) is 18.6. The lowest BCUT2D eigenvalue weighted by molar-refractivity contribution is -0.122. The summed E-state index contributed by atoms with van der Waals surface area (Å²) in [5, 5.41) is 3.70. The maximum absolute atomic E-state index is 12.1. The smallest absolute Gasteiger partial charge is 0.260 e. The molecule has 0 radical (unpaired) electrons. The largest absolute Gasteiger partial charge is 0.340 e. The lowest BCUT2D eigenvalue weighted by Gasteiger charge is -2.17. The van der Waals surface area contributed by atoms with Gasteiger partial charge in [0.1, 0.15) is 6.04 Å². The van der Waals surface area contributed by atoms with Crippen LogP contribution < -0.4 is 16.2 Å². The SMILES string of the molecule is CC(NC(=O)c1ccccc1Cl)C(=O)NNc1c(Cl)cc(Cl)cc1Cl. The van der Waals surface area contributed by atoms with Crippen LogP contribution in [0.5, 0.6) is 0 Å². The number of carbonyl (C=O) groups excluding carboxylic acids is 2. The van der Waals surface area contributed by atoms with E-state index in [0.29, 0.717) is 15.7 Å². The number of hydrogen-bond donors (Lipinski definition) is 3. The maximum Gasteiger partial charge on any atom is 0.260 e. The Labute approximate surface area is 164 Å². The first-order chi connectivity index (χ1) is 11.8. The van der Waals surface area contributed by atoms with E-state index in [2.05, 4.69) is 16.2 Å². The number of hydrazine groups is 1. The van der Waals surface area contributed by atoms with E-state index in [0.717, 1.165) is 0 Å². The molecule has 2 rings (SSSR count). The third-order valence-electron chi connectivity index (χ3n) is 3.18. The normalized spacial score (nSPS) is 11.6. The Balaban J connectivity index is 1.97. The summed E-state index contributed by atoms with van der Waals surface area (Å²) >= 11 is 23.8. The summed E-state index contributed by atoms with van der Waals surface area (Å²) in [6.07, 6.45) is 0. The van der Waals surface area contributed by atoms with E-state index in [1.54, 1.807) is 24.3 Å². The number of hydrogen-bond acceptors (Lipinski definition) is 3. The zero-order valence-electron chi connectivity index (χ0n) is 12.9. The van der Waals surface area contributed by atoms with Crippen LogP contribution in [0.15, 0.2) is 36.4 Å². The van der Waals surface area contributed by atoms with Crippen LogP contribution in [0.3, 0.4) is 0 Å². The third kappa shape index (κ3) is 5.16. The molecule has 5 nitrogen and oxygen atoms in total. The van der Waals surface area contributed by atoms with E-state index >= 15 is 0 Å². The predicted octanol–water partition coefficient (Wildman–Crippen LogP) is 4.56. The molecule has 0 spiro atoms. The number of halogens is 4. The summed E-state index contributed by atoms with van der Waals surface area (Å²) in [4.78, 5) is 24.3. The molecule has 3 N–H and O–H groups in total. The van der Waals surface area contributed by atoms with Crippen molar-refractivity contribution >= 4 is 63.9 Å². The van der Waals surface area contributed by atoms with Gasteiger partial charge >= 0.3 is 0 Å². The summed E-state index contributed by atoms with van der Waals surface area (Å²) in [5.74, 6) is -0.960. The van der Waals surface area contributed by atoms with E-state index in [1.165, 1.54) is 19.1 Å². The van der Waals surface area contributed by atoms with Gasteiger partial charge in [-0.15, -0.1) is 0 Å². The van der Waals surface area contributed by atoms with Crippen molar-refractivity contribution in [1.29, 1.82) is 0 Å². The first-order valence-corrected chi connectivity index (χ1v) is 8.56. The van der Waals surface area contributed by atoms with Gasteiger partial charge in [0.2, 0.25) is 0 Å².